The van der Waals surface area contributed by atoms with E-state index in [1.165, 1.54) is 9.91 Å². The van der Waals surface area contributed by atoms with E-state index in [0.29, 0.717) is 6.42 Å². The van der Waals surface area contributed by atoms with Gasteiger partial charge < -0.3 is 14.8 Å². The smallest absolute Gasteiger partial charge is 0.318 e. The molecule has 2 heterocycles. The van der Waals surface area contributed by atoms with Crippen LogP contribution in [0.15, 0.2) is 47.7 Å². The highest BCUT2D eigenvalue weighted by molar-refractivity contribution is 6.02. The molecule has 3 amide bonds. The SMILES string of the molecule is Cc1ccc([C@@H]2CC(c3cccn3C)=NN2C(=O)CN(C)C(=O)NC(C)(C)C)cc1. The van der Waals surface area contributed by atoms with Gasteiger partial charge in [-0.15, -0.1) is 0 Å². The van der Waals surface area contributed by atoms with Gasteiger partial charge in [0.15, 0.2) is 0 Å². The molecule has 1 aliphatic rings. The molecule has 7 nitrogen and oxygen atoms in total. The average molecular weight is 410 g/mol. The van der Waals surface area contributed by atoms with Gasteiger partial charge in [-0.1, -0.05) is 29.8 Å². The van der Waals surface area contributed by atoms with Gasteiger partial charge in [0.25, 0.3) is 5.91 Å². The molecule has 0 saturated heterocycles. The number of nitrogens with zero attached hydrogens (tertiary/aromatic N) is 4. The number of amides is 3. The van der Waals surface area contributed by atoms with Crippen molar-refractivity contribution in [3.63, 3.8) is 0 Å². The van der Waals surface area contributed by atoms with Crippen molar-refractivity contribution in [3.8, 4) is 0 Å². The first kappa shape index (κ1) is 21.6. The molecule has 0 aliphatic carbocycles. The summed E-state index contributed by atoms with van der Waals surface area (Å²) in [6.45, 7) is 7.71. The number of hydrogen-bond acceptors (Lipinski definition) is 3. The Kier molecular flexibility index (Phi) is 6.01. The van der Waals surface area contributed by atoms with Crippen LogP contribution in [-0.2, 0) is 11.8 Å². The van der Waals surface area contributed by atoms with Crippen molar-refractivity contribution < 1.29 is 9.59 Å². The highest BCUT2D eigenvalue weighted by atomic mass is 16.2. The Hall–Kier alpha value is -3.09. The zero-order chi connectivity index (χ0) is 22.1. The minimum absolute atomic E-state index is 0.0474. The van der Waals surface area contributed by atoms with Gasteiger partial charge in [-0.2, -0.15) is 5.10 Å². The summed E-state index contributed by atoms with van der Waals surface area (Å²) in [5.74, 6) is -0.212. The summed E-state index contributed by atoms with van der Waals surface area (Å²) in [6.07, 6.45) is 2.60. The summed E-state index contributed by atoms with van der Waals surface area (Å²) < 4.78 is 2.00. The fourth-order valence-corrected chi connectivity index (χ4v) is 3.47. The molecule has 1 aliphatic heterocycles. The number of likely N-dealkylation sites (N-methyl/N-ethyl adjacent to an activating group) is 1. The van der Waals surface area contributed by atoms with E-state index in [-0.39, 0.29) is 30.1 Å². The molecule has 160 valence electrons. The molecule has 30 heavy (non-hydrogen) atoms. The second kappa shape index (κ2) is 8.34. The third-order valence-corrected chi connectivity index (χ3v) is 5.07. The average Bonchev–Trinajstić information content (AvgIpc) is 3.27. The van der Waals surface area contributed by atoms with E-state index in [9.17, 15) is 9.59 Å². The van der Waals surface area contributed by atoms with Crippen molar-refractivity contribution in [2.75, 3.05) is 13.6 Å². The van der Waals surface area contributed by atoms with Crippen molar-refractivity contribution >= 4 is 17.6 Å². The number of aromatic nitrogens is 1. The maximum absolute atomic E-state index is 13.2. The van der Waals surface area contributed by atoms with Gasteiger partial charge in [0.05, 0.1) is 17.4 Å². The Balaban J connectivity index is 1.84. The first-order valence-electron chi connectivity index (χ1n) is 10.2. The summed E-state index contributed by atoms with van der Waals surface area (Å²) in [4.78, 5) is 27.0. The molecular weight excluding hydrogens is 378 g/mol. The van der Waals surface area contributed by atoms with Crippen LogP contribution in [0.1, 0.15) is 50.1 Å². The van der Waals surface area contributed by atoms with Crippen LogP contribution >= 0.6 is 0 Å². The predicted molar refractivity (Wildman–Crippen MR) is 118 cm³/mol. The molecule has 3 rings (SSSR count). The van der Waals surface area contributed by atoms with Crippen LogP contribution in [0.5, 0.6) is 0 Å². The predicted octanol–water partition coefficient (Wildman–Crippen LogP) is 3.45. The van der Waals surface area contributed by atoms with Gasteiger partial charge in [0.1, 0.15) is 6.54 Å². The summed E-state index contributed by atoms with van der Waals surface area (Å²) in [6, 6.07) is 11.7. The fraction of sp³-hybridized carbons (Fsp3) is 0.435. The zero-order valence-electron chi connectivity index (χ0n) is 18.6. The third-order valence-electron chi connectivity index (χ3n) is 5.07. The van der Waals surface area contributed by atoms with E-state index in [4.69, 9.17) is 0 Å². The molecular formula is C23H31N5O2. The molecule has 1 atom stereocenters. The number of carbonyl (C=O) groups excluding carboxylic acids is 2. The van der Waals surface area contributed by atoms with Crippen molar-refractivity contribution in [2.45, 2.75) is 45.7 Å². The van der Waals surface area contributed by atoms with Crippen molar-refractivity contribution in [1.82, 2.24) is 19.8 Å². The molecule has 7 heteroatoms. The first-order chi connectivity index (χ1) is 14.0. The van der Waals surface area contributed by atoms with Gasteiger partial charge in [-0.05, 0) is 45.4 Å². The lowest BCUT2D eigenvalue weighted by molar-refractivity contribution is -0.133. The van der Waals surface area contributed by atoms with Crippen LogP contribution in [0.4, 0.5) is 4.79 Å². The maximum atomic E-state index is 13.2. The second-order valence-electron chi connectivity index (χ2n) is 8.96. The van der Waals surface area contributed by atoms with Crippen LogP contribution in [0.2, 0.25) is 0 Å². The minimum Gasteiger partial charge on any atom is -0.350 e. The van der Waals surface area contributed by atoms with Gasteiger partial charge in [0, 0.05) is 32.3 Å². The van der Waals surface area contributed by atoms with E-state index in [1.807, 2.05) is 81.9 Å². The molecule has 0 radical (unpaired) electrons. The molecule has 1 aromatic carbocycles. The van der Waals surface area contributed by atoms with Gasteiger partial charge >= 0.3 is 6.03 Å². The number of aryl methyl sites for hydroxylation is 2. The number of benzene rings is 1. The Morgan fingerprint density at radius 3 is 2.43 bits per heavy atom. The number of hydrazone groups is 1. The summed E-state index contributed by atoms with van der Waals surface area (Å²) in [7, 11) is 3.59. The van der Waals surface area contributed by atoms with Crippen molar-refractivity contribution in [3.05, 3.63) is 59.4 Å². The Bertz CT molecular complexity index is 953. The third kappa shape index (κ3) is 4.90. The second-order valence-corrected chi connectivity index (χ2v) is 8.96. The van der Waals surface area contributed by atoms with E-state index >= 15 is 0 Å². The quantitative estimate of drug-likeness (QED) is 0.840. The lowest BCUT2D eigenvalue weighted by atomic mass is 9.99. The largest absolute Gasteiger partial charge is 0.350 e. The number of hydrogen-bond donors (Lipinski definition) is 1. The molecule has 0 saturated carbocycles. The monoisotopic (exact) mass is 409 g/mol. The Morgan fingerprint density at radius 2 is 1.87 bits per heavy atom. The van der Waals surface area contributed by atoms with Crippen LogP contribution < -0.4 is 5.32 Å². The lowest BCUT2D eigenvalue weighted by Gasteiger charge is -2.27. The van der Waals surface area contributed by atoms with Gasteiger partial charge in [-0.3, -0.25) is 4.79 Å². The zero-order valence-corrected chi connectivity index (χ0v) is 18.6. The highest BCUT2D eigenvalue weighted by Gasteiger charge is 2.34. The van der Waals surface area contributed by atoms with Gasteiger partial charge in [-0.25, -0.2) is 9.80 Å². The van der Waals surface area contributed by atoms with Crippen molar-refractivity contribution in [2.24, 2.45) is 12.1 Å². The molecule has 0 fully saturated rings. The Morgan fingerprint density at radius 1 is 1.20 bits per heavy atom. The number of carbonyl (C=O) groups is 2. The molecule has 0 unspecified atom stereocenters. The number of rotatable bonds is 4. The van der Waals surface area contributed by atoms with E-state index in [0.717, 1.165) is 22.5 Å². The Labute approximate surface area is 178 Å². The summed E-state index contributed by atoms with van der Waals surface area (Å²) in [5.41, 5.74) is 3.68. The fourth-order valence-electron chi connectivity index (χ4n) is 3.47. The molecule has 1 aromatic heterocycles. The van der Waals surface area contributed by atoms with Crippen LogP contribution in [0.3, 0.4) is 0 Å². The topological polar surface area (TPSA) is 69.9 Å². The maximum Gasteiger partial charge on any atom is 0.318 e. The molecule has 1 N–H and O–H groups in total. The van der Waals surface area contributed by atoms with E-state index in [1.54, 1.807) is 7.05 Å². The number of urea groups is 1. The minimum atomic E-state index is -0.371. The van der Waals surface area contributed by atoms with E-state index < -0.39 is 0 Å². The summed E-state index contributed by atoms with van der Waals surface area (Å²) >= 11 is 0. The highest BCUT2D eigenvalue weighted by Crippen LogP contribution is 2.33. The van der Waals surface area contributed by atoms with Gasteiger partial charge in [0.2, 0.25) is 0 Å². The standard InChI is InChI=1S/C23H31N5O2/c1-16-9-11-17(12-10-16)20-14-18(19-8-7-13-26(19)5)25-28(20)21(29)15-27(6)22(30)24-23(2,3)4/h7-13,20H,14-15H2,1-6H3,(H,24,30)/t20-/m0/s1. The lowest BCUT2D eigenvalue weighted by Crippen LogP contribution is -2.49. The van der Waals surface area contributed by atoms with Crippen LogP contribution in [0, 0.1) is 6.92 Å². The molecule has 0 spiro atoms. The van der Waals surface area contributed by atoms with Crippen LogP contribution in [0.25, 0.3) is 0 Å². The molecule has 2 aromatic rings. The summed E-state index contributed by atoms with van der Waals surface area (Å²) in [5, 5.41) is 9.09. The molecule has 0 bridgehead atoms. The van der Waals surface area contributed by atoms with Crippen LogP contribution in [-0.4, -0.2) is 51.3 Å². The normalized spacial score (nSPS) is 16.4. The first-order valence-corrected chi connectivity index (χ1v) is 10.2. The van der Waals surface area contributed by atoms with E-state index in [2.05, 4.69) is 10.4 Å². The number of nitrogens with one attached hydrogen (secondary N) is 1. The van der Waals surface area contributed by atoms with Crippen molar-refractivity contribution in [1.29, 1.82) is 0 Å².